The van der Waals surface area contributed by atoms with Gasteiger partial charge in [0.15, 0.2) is 0 Å². The Hall–Kier alpha value is -2.16. The lowest BCUT2D eigenvalue weighted by Crippen LogP contribution is -2.27. The van der Waals surface area contributed by atoms with Gasteiger partial charge in [0.05, 0.1) is 6.61 Å². The summed E-state index contributed by atoms with van der Waals surface area (Å²) >= 11 is 0. The summed E-state index contributed by atoms with van der Waals surface area (Å²) in [4.78, 5) is 23.5. The Kier molecular flexibility index (Phi) is 4.88. The maximum atomic E-state index is 11.5. The molecule has 1 saturated carbocycles. The van der Waals surface area contributed by atoms with Crippen molar-refractivity contribution in [2.45, 2.75) is 32.2 Å². The number of hydrogen-bond acceptors (Lipinski definition) is 8. The van der Waals surface area contributed by atoms with Gasteiger partial charge in [0.1, 0.15) is 0 Å². The topological polar surface area (TPSA) is 127 Å². The molecule has 9 heteroatoms. The molecule has 1 fully saturated rings. The summed E-state index contributed by atoms with van der Waals surface area (Å²) in [6, 6.07) is 0.553. The van der Waals surface area contributed by atoms with Gasteiger partial charge in [-0.2, -0.15) is 15.0 Å². The fraction of sp³-hybridized carbons (Fsp3) is 0.636. The van der Waals surface area contributed by atoms with Crippen LogP contribution in [-0.4, -0.2) is 40.1 Å². The molecule has 0 bridgehead atoms. The van der Waals surface area contributed by atoms with E-state index in [2.05, 4.69) is 31.0 Å². The molecule has 1 aromatic heterocycles. The minimum atomic E-state index is 0.0243. The highest BCUT2D eigenvalue weighted by atomic mass is 16.5. The van der Waals surface area contributed by atoms with Crippen LogP contribution in [-0.2, 0) is 4.79 Å². The number of nitrogens with zero attached hydrogens (tertiary/aromatic N) is 3. The Labute approximate surface area is 116 Å². The van der Waals surface area contributed by atoms with E-state index in [4.69, 9.17) is 10.6 Å². The first-order valence-corrected chi connectivity index (χ1v) is 6.60. The van der Waals surface area contributed by atoms with Gasteiger partial charge < -0.3 is 15.4 Å². The monoisotopic (exact) mass is 281 g/mol. The molecule has 0 atom stereocenters. The van der Waals surface area contributed by atoms with Crippen molar-refractivity contribution in [3.05, 3.63) is 0 Å². The first kappa shape index (κ1) is 14.3. The Morgan fingerprint density at radius 2 is 2.10 bits per heavy atom. The van der Waals surface area contributed by atoms with E-state index in [-0.39, 0.29) is 17.9 Å². The van der Waals surface area contributed by atoms with Crippen LogP contribution >= 0.6 is 0 Å². The van der Waals surface area contributed by atoms with Crippen LogP contribution in [0.2, 0.25) is 0 Å². The van der Waals surface area contributed by atoms with E-state index in [9.17, 15) is 4.79 Å². The van der Waals surface area contributed by atoms with E-state index < -0.39 is 0 Å². The molecule has 20 heavy (non-hydrogen) atoms. The molecule has 0 unspecified atom stereocenters. The Morgan fingerprint density at radius 1 is 1.35 bits per heavy atom. The maximum absolute atomic E-state index is 11.5. The quantitative estimate of drug-likeness (QED) is 0.375. The van der Waals surface area contributed by atoms with Crippen LogP contribution in [0.3, 0.4) is 0 Å². The summed E-state index contributed by atoms with van der Waals surface area (Å²) in [6.07, 6.45) is 2.52. The number of rotatable bonds is 8. The van der Waals surface area contributed by atoms with Crippen molar-refractivity contribution in [2.75, 3.05) is 23.9 Å². The van der Waals surface area contributed by atoms with Gasteiger partial charge in [-0.1, -0.05) is 0 Å². The second-order valence-corrected chi connectivity index (χ2v) is 4.36. The lowest BCUT2D eigenvalue weighted by atomic mass is 10.4. The van der Waals surface area contributed by atoms with Gasteiger partial charge in [-0.25, -0.2) is 5.84 Å². The number of nitrogens with one attached hydrogen (secondary N) is 3. The van der Waals surface area contributed by atoms with E-state index >= 15 is 0 Å². The highest BCUT2D eigenvalue weighted by Crippen LogP contribution is 2.18. The van der Waals surface area contributed by atoms with Gasteiger partial charge >= 0.3 is 6.01 Å². The number of hydrazine groups is 1. The van der Waals surface area contributed by atoms with Crippen LogP contribution in [0.5, 0.6) is 6.01 Å². The zero-order valence-electron chi connectivity index (χ0n) is 11.3. The van der Waals surface area contributed by atoms with E-state index in [1.54, 1.807) is 0 Å². The van der Waals surface area contributed by atoms with Gasteiger partial charge in [-0.05, 0) is 19.8 Å². The molecule has 0 aromatic carbocycles. The van der Waals surface area contributed by atoms with Crippen molar-refractivity contribution in [1.29, 1.82) is 0 Å². The molecular formula is C11H19N7O2. The molecule has 0 saturated heterocycles. The highest BCUT2D eigenvalue weighted by Gasteiger charge is 2.22. The van der Waals surface area contributed by atoms with E-state index in [0.717, 1.165) is 12.8 Å². The SMILES string of the molecule is CCOc1nc(NN)nc(NCCC(=O)NC2CC2)n1. The summed E-state index contributed by atoms with van der Waals surface area (Å²) in [6.45, 7) is 2.70. The number of carbonyl (C=O) groups excluding carboxylic acids is 1. The average Bonchev–Trinajstić information content (AvgIpc) is 3.22. The van der Waals surface area contributed by atoms with Crippen LogP contribution in [0.15, 0.2) is 0 Å². The lowest BCUT2D eigenvalue weighted by Gasteiger charge is -2.08. The number of nitrogens with two attached hydrogens (primary N) is 1. The zero-order valence-corrected chi connectivity index (χ0v) is 11.3. The minimum Gasteiger partial charge on any atom is -0.464 e. The summed E-state index contributed by atoms with van der Waals surface area (Å²) < 4.78 is 5.20. The Morgan fingerprint density at radius 3 is 2.75 bits per heavy atom. The zero-order chi connectivity index (χ0) is 14.4. The number of amides is 1. The summed E-state index contributed by atoms with van der Waals surface area (Å²) in [7, 11) is 0. The maximum Gasteiger partial charge on any atom is 0.323 e. The lowest BCUT2D eigenvalue weighted by molar-refractivity contribution is -0.120. The molecule has 2 rings (SSSR count). The first-order chi connectivity index (χ1) is 9.71. The second-order valence-electron chi connectivity index (χ2n) is 4.36. The molecule has 0 aliphatic heterocycles. The number of anilines is 2. The number of hydrogen-bond donors (Lipinski definition) is 4. The number of carbonyl (C=O) groups is 1. The molecular weight excluding hydrogens is 262 g/mol. The van der Waals surface area contributed by atoms with Crippen LogP contribution in [0.4, 0.5) is 11.9 Å². The second kappa shape index (κ2) is 6.85. The molecule has 1 heterocycles. The van der Waals surface area contributed by atoms with Crippen molar-refractivity contribution in [2.24, 2.45) is 5.84 Å². The van der Waals surface area contributed by atoms with Crippen molar-refractivity contribution in [3.63, 3.8) is 0 Å². The predicted molar refractivity (Wildman–Crippen MR) is 73.1 cm³/mol. The molecule has 1 aromatic rings. The molecule has 0 spiro atoms. The summed E-state index contributed by atoms with van der Waals surface area (Å²) in [5.41, 5.74) is 2.34. The third kappa shape index (κ3) is 4.50. The molecule has 1 amide bonds. The smallest absolute Gasteiger partial charge is 0.323 e. The van der Waals surface area contributed by atoms with E-state index in [1.807, 2.05) is 6.92 Å². The van der Waals surface area contributed by atoms with Crippen molar-refractivity contribution in [1.82, 2.24) is 20.3 Å². The highest BCUT2D eigenvalue weighted by molar-refractivity contribution is 5.77. The van der Waals surface area contributed by atoms with Gasteiger partial charge in [-0.15, -0.1) is 0 Å². The third-order valence-corrected chi connectivity index (χ3v) is 2.60. The molecule has 0 radical (unpaired) electrons. The molecule has 9 nitrogen and oxygen atoms in total. The van der Waals surface area contributed by atoms with E-state index in [1.165, 1.54) is 0 Å². The average molecular weight is 281 g/mol. The van der Waals surface area contributed by atoms with Crippen molar-refractivity contribution < 1.29 is 9.53 Å². The molecule has 1 aliphatic carbocycles. The molecule has 110 valence electrons. The molecule has 1 aliphatic rings. The van der Waals surface area contributed by atoms with Crippen LogP contribution in [0, 0.1) is 0 Å². The predicted octanol–water partition coefficient (Wildman–Crippen LogP) is -0.364. The summed E-state index contributed by atoms with van der Waals surface area (Å²) in [5.74, 6) is 5.81. The summed E-state index contributed by atoms with van der Waals surface area (Å²) in [5, 5.41) is 5.85. The van der Waals surface area contributed by atoms with Crippen molar-refractivity contribution >= 4 is 17.8 Å². The third-order valence-electron chi connectivity index (χ3n) is 2.60. The first-order valence-electron chi connectivity index (χ1n) is 6.60. The fourth-order valence-electron chi connectivity index (χ4n) is 1.51. The molecule has 5 N–H and O–H groups in total. The van der Waals surface area contributed by atoms with Crippen LogP contribution < -0.4 is 26.6 Å². The van der Waals surface area contributed by atoms with Gasteiger partial charge in [0.25, 0.3) is 0 Å². The van der Waals surface area contributed by atoms with Gasteiger partial charge in [0.2, 0.25) is 17.8 Å². The fourth-order valence-corrected chi connectivity index (χ4v) is 1.51. The van der Waals surface area contributed by atoms with Crippen LogP contribution in [0.25, 0.3) is 0 Å². The van der Waals surface area contributed by atoms with Gasteiger partial charge in [0, 0.05) is 19.0 Å². The van der Waals surface area contributed by atoms with E-state index in [0.29, 0.717) is 31.6 Å². The number of ether oxygens (including phenoxy) is 1. The largest absolute Gasteiger partial charge is 0.464 e. The van der Waals surface area contributed by atoms with Gasteiger partial charge in [-0.3, -0.25) is 10.2 Å². The van der Waals surface area contributed by atoms with Crippen molar-refractivity contribution in [3.8, 4) is 6.01 Å². The normalized spacial score (nSPS) is 13.7. The number of aromatic nitrogens is 3. The minimum absolute atomic E-state index is 0.0243. The Balaban J connectivity index is 1.83. The van der Waals surface area contributed by atoms with Crippen LogP contribution in [0.1, 0.15) is 26.2 Å². The number of nitrogen functional groups attached to an aromatic ring is 1. The Bertz CT molecular complexity index is 464. The standard InChI is InChI=1S/C11H19N7O2/c1-2-20-11-16-9(15-10(17-11)18-12)13-6-5-8(19)14-7-3-4-7/h7H,2-6,12H2,1H3,(H,14,19)(H2,13,15,16,17,18).